The summed E-state index contributed by atoms with van der Waals surface area (Å²) in [5.74, 6) is 0.899. The van der Waals surface area contributed by atoms with Crippen LogP contribution in [-0.4, -0.2) is 16.1 Å². The quantitative estimate of drug-likeness (QED) is 0.826. The summed E-state index contributed by atoms with van der Waals surface area (Å²) in [6.45, 7) is 2.95. The van der Waals surface area contributed by atoms with Crippen molar-refractivity contribution in [3.8, 4) is 0 Å². The second-order valence-corrected chi connectivity index (χ2v) is 3.47. The molecule has 2 rings (SSSR count). The zero-order chi connectivity index (χ0) is 10.7. The van der Waals surface area contributed by atoms with Gasteiger partial charge in [0.05, 0.1) is 18.3 Å². The van der Waals surface area contributed by atoms with Gasteiger partial charge in [0.25, 0.3) is 0 Å². The molecule has 0 fully saturated rings. The first kappa shape index (κ1) is 9.98. The largest absolute Gasteiger partial charge is 0.467 e. The van der Waals surface area contributed by atoms with Crippen LogP contribution in [0.2, 0.25) is 0 Å². The lowest BCUT2D eigenvalue weighted by Crippen LogP contribution is -2.21. The van der Waals surface area contributed by atoms with Crippen molar-refractivity contribution in [1.82, 2.24) is 14.9 Å². The van der Waals surface area contributed by atoms with Crippen molar-refractivity contribution in [2.24, 2.45) is 7.05 Å². The third-order valence-corrected chi connectivity index (χ3v) is 2.26. The van der Waals surface area contributed by atoms with Crippen LogP contribution in [0, 0.1) is 0 Å². The Labute approximate surface area is 88.9 Å². The lowest BCUT2D eigenvalue weighted by Gasteiger charge is -2.12. The second-order valence-electron chi connectivity index (χ2n) is 3.47. The molecule has 2 aromatic rings. The number of aryl methyl sites for hydroxylation is 1. The molecule has 0 aromatic carbocycles. The Hall–Kier alpha value is -1.55. The highest BCUT2D eigenvalue weighted by Crippen LogP contribution is 2.20. The molecular formula is C11H15N3O. The highest BCUT2D eigenvalue weighted by atomic mass is 16.3. The van der Waals surface area contributed by atoms with Gasteiger partial charge in [-0.3, -0.25) is 0 Å². The first-order chi connectivity index (χ1) is 7.31. The van der Waals surface area contributed by atoms with Gasteiger partial charge < -0.3 is 14.3 Å². The number of aromatic nitrogens is 2. The lowest BCUT2D eigenvalue weighted by atomic mass is 10.1. The highest BCUT2D eigenvalue weighted by molar-refractivity contribution is 5.17. The van der Waals surface area contributed by atoms with E-state index in [-0.39, 0.29) is 6.04 Å². The van der Waals surface area contributed by atoms with E-state index in [1.54, 1.807) is 12.6 Å². The van der Waals surface area contributed by atoms with Crippen molar-refractivity contribution in [2.45, 2.75) is 13.0 Å². The summed E-state index contributed by atoms with van der Waals surface area (Å²) in [6, 6.07) is 3.90. The van der Waals surface area contributed by atoms with Crippen LogP contribution in [-0.2, 0) is 7.05 Å². The molecule has 2 aromatic heterocycles. The maximum Gasteiger partial charge on any atom is 0.126 e. The van der Waals surface area contributed by atoms with E-state index in [0.717, 1.165) is 18.0 Å². The van der Waals surface area contributed by atoms with Gasteiger partial charge in [-0.15, -0.1) is 0 Å². The molecule has 4 nitrogen and oxygen atoms in total. The average molecular weight is 205 g/mol. The summed E-state index contributed by atoms with van der Waals surface area (Å²) in [6.07, 6.45) is 5.47. The van der Waals surface area contributed by atoms with Crippen molar-refractivity contribution in [3.05, 3.63) is 42.4 Å². The molecule has 0 amide bonds. The maximum absolute atomic E-state index is 5.40. The molecule has 0 saturated carbocycles. The zero-order valence-electron chi connectivity index (χ0n) is 8.97. The van der Waals surface area contributed by atoms with Crippen LogP contribution in [0.4, 0.5) is 0 Å². The van der Waals surface area contributed by atoms with Gasteiger partial charge in [-0.05, 0) is 18.7 Å². The Morgan fingerprint density at radius 2 is 2.47 bits per heavy atom. The summed E-state index contributed by atoms with van der Waals surface area (Å²) < 4.78 is 7.33. The summed E-state index contributed by atoms with van der Waals surface area (Å²) in [4.78, 5) is 4.33. The van der Waals surface area contributed by atoms with Gasteiger partial charge in [0.15, 0.2) is 0 Å². The van der Waals surface area contributed by atoms with E-state index in [4.69, 9.17) is 4.42 Å². The van der Waals surface area contributed by atoms with Crippen LogP contribution in [0.1, 0.15) is 24.4 Å². The van der Waals surface area contributed by atoms with Crippen LogP contribution >= 0.6 is 0 Å². The standard InChI is InChI=1S/C11H15N3O/c1-3-12-11(10-5-4-6-15-10)9-7-14(2)8-13-9/h4-8,11-12H,3H2,1-2H3. The van der Waals surface area contributed by atoms with E-state index < -0.39 is 0 Å². The van der Waals surface area contributed by atoms with E-state index in [1.165, 1.54) is 0 Å². The van der Waals surface area contributed by atoms with Crippen LogP contribution < -0.4 is 5.32 Å². The molecule has 0 aliphatic heterocycles. The van der Waals surface area contributed by atoms with Crippen LogP contribution in [0.15, 0.2) is 35.3 Å². The number of imidazole rings is 1. The highest BCUT2D eigenvalue weighted by Gasteiger charge is 2.17. The Morgan fingerprint density at radius 3 is 3.00 bits per heavy atom. The molecule has 80 valence electrons. The zero-order valence-corrected chi connectivity index (χ0v) is 8.97. The van der Waals surface area contributed by atoms with Crippen LogP contribution in [0.25, 0.3) is 0 Å². The van der Waals surface area contributed by atoms with Crippen molar-refractivity contribution >= 4 is 0 Å². The fourth-order valence-electron chi connectivity index (χ4n) is 1.59. The molecular weight excluding hydrogens is 190 g/mol. The van der Waals surface area contributed by atoms with Gasteiger partial charge in [0, 0.05) is 13.2 Å². The Bertz CT molecular complexity index is 405. The number of rotatable bonds is 4. The molecule has 1 N–H and O–H groups in total. The molecule has 0 saturated heterocycles. The number of nitrogens with one attached hydrogen (secondary N) is 1. The van der Waals surface area contributed by atoms with Crippen molar-refractivity contribution < 1.29 is 4.42 Å². The Kier molecular flexibility index (Phi) is 2.87. The second kappa shape index (κ2) is 4.31. The monoisotopic (exact) mass is 205 g/mol. The number of furan rings is 1. The van der Waals surface area contributed by atoms with E-state index in [2.05, 4.69) is 17.2 Å². The number of nitrogens with zero attached hydrogens (tertiary/aromatic N) is 2. The van der Waals surface area contributed by atoms with Crippen molar-refractivity contribution in [1.29, 1.82) is 0 Å². The first-order valence-electron chi connectivity index (χ1n) is 5.06. The minimum atomic E-state index is 0.0474. The molecule has 0 spiro atoms. The minimum Gasteiger partial charge on any atom is -0.467 e. The predicted octanol–water partition coefficient (Wildman–Crippen LogP) is 1.71. The van der Waals surface area contributed by atoms with Gasteiger partial charge in [0.2, 0.25) is 0 Å². The SMILES string of the molecule is CCNC(c1cn(C)cn1)c1ccco1. The molecule has 0 radical (unpaired) electrons. The fraction of sp³-hybridized carbons (Fsp3) is 0.364. The van der Waals surface area contributed by atoms with Gasteiger partial charge in [-0.1, -0.05) is 6.92 Å². The van der Waals surface area contributed by atoms with E-state index in [9.17, 15) is 0 Å². The summed E-state index contributed by atoms with van der Waals surface area (Å²) in [5, 5.41) is 3.35. The maximum atomic E-state index is 5.40. The van der Waals surface area contributed by atoms with Crippen molar-refractivity contribution in [2.75, 3.05) is 6.54 Å². The average Bonchev–Trinajstić information content (AvgIpc) is 2.85. The van der Waals surface area contributed by atoms with E-state index in [0.29, 0.717) is 0 Å². The van der Waals surface area contributed by atoms with Crippen molar-refractivity contribution in [3.63, 3.8) is 0 Å². The summed E-state index contributed by atoms with van der Waals surface area (Å²) >= 11 is 0. The molecule has 1 unspecified atom stereocenters. The smallest absolute Gasteiger partial charge is 0.126 e. The molecule has 4 heteroatoms. The topological polar surface area (TPSA) is 43.0 Å². The van der Waals surface area contributed by atoms with Gasteiger partial charge >= 0.3 is 0 Å². The molecule has 15 heavy (non-hydrogen) atoms. The summed E-state index contributed by atoms with van der Waals surface area (Å²) in [7, 11) is 1.96. The normalized spacial score (nSPS) is 12.9. The Morgan fingerprint density at radius 1 is 1.60 bits per heavy atom. The Balaban J connectivity index is 2.27. The van der Waals surface area contributed by atoms with Gasteiger partial charge in [-0.2, -0.15) is 0 Å². The van der Waals surface area contributed by atoms with Gasteiger partial charge in [-0.25, -0.2) is 4.98 Å². The third-order valence-electron chi connectivity index (χ3n) is 2.26. The van der Waals surface area contributed by atoms with E-state index >= 15 is 0 Å². The molecule has 0 bridgehead atoms. The fourth-order valence-corrected chi connectivity index (χ4v) is 1.59. The van der Waals surface area contributed by atoms with Crippen LogP contribution in [0.5, 0.6) is 0 Å². The molecule has 0 aliphatic rings. The molecule has 1 atom stereocenters. The van der Waals surface area contributed by atoms with E-state index in [1.807, 2.05) is 29.9 Å². The number of hydrogen-bond donors (Lipinski definition) is 1. The predicted molar refractivity (Wildman–Crippen MR) is 57.4 cm³/mol. The van der Waals surface area contributed by atoms with Gasteiger partial charge in [0.1, 0.15) is 11.8 Å². The third kappa shape index (κ3) is 2.10. The summed E-state index contributed by atoms with van der Waals surface area (Å²) in [5.41, 5.74) is 0.981. The molecule has 0 aliphatic carbocycles. The minimum absolute atomic E-state index is 0.0474. The molecule has 2 heterocycles. The number of hydrogen-bond acceptors (Lipinski definition) is 3. The lowest BCUT2D eigenvalue weighted by molar-refractivity contribution is 0.448. The van der Waals surface area contributed by atoms with Crippen LogP contribution in [0.3, 0.4) is 0 Å². The first-order valence-corrected chi connectivity index (χ1v) is 5.06.